The van der Waals surface area contributed by atoms with Crippen molar-refractivity contribution in [2.75, 3.05) is 0 Å². The molecule has 6 heteroatoms. The Morgan fingerprint density at radius 3 is 3.00 bits per heavy atom. The lowest BCUT2D eigenvalue weighted by molar-refractivity contribution is -0.136. The summed E-state index contributed by atoms with van der Waals surface area (Å²) in [6.45, 7) is 0. The van der Waals surface area contributed by atoms with Crippen LogP contribution in [0.5, 0.6) is 0 Å². The van der Waals surface area contributed by atoms with Gasteiger partial charge >= 0.3 is 5.97 Å². The fourth-order valence-corrected chi connectivity index (χ4v) is 1.70. The number of carboxylic acids is 1. The van der Waals surface area contributed by atoms with Crippen LogP contribution in [0, 0.1) is 11.3 Å². The Morgan fingerprint density at radius 2 is 2.38 bits per heavy atom. The van der Waals surface area contributed by atoms with Crippen molar-refractivity contribution in [3.63, 3.8) is 0 Å². The van der Waals surface area contributed by atoms with Crippen molar-refractivity contribution in [2.45, 2.75) is 6.42 Å². The molecule has 2 rings (SSSR count). The number of rotatable bonds is 2. The number of hydrogen-bond acceptors (Lipinski definition) is 3. The van der Waals surface area contributed by atoms with Crippen molar-refractivity contribution in [3.8, 4) is 6.07 Å². The maximum absolute atomic E-state index is 10.6. The molecule has 0 amide bonds. The number of nitrogens with zero attached hydrogens (tertiary/aromatic N) is 2. The van der Waals surface area contributed by atoms with Crippen molar-refractivity contribution in [3.05, 3.63) is 28.5 Å². The van der Waals surface area contributed by atoms with Crippen molar-refractivity contribution >= 4 is 28.6 Å². The maximum Gasteiger partial charge on any atom is 0.307 e. The molecule has 16 heavy (non-hydrogen) atoms. The Bertz CT molecular complexity index is 612. The van der Waals surface area contributed by atoms with Gasteiger partial charge in [-0.05, 0) is 23.2 Å². The van der Waals surface area contributed by atoms with Gasteiger partial charge in [-0.2, -0.15) is 5.26 Å². The normalized spacial score (nSPS) is 10.2. The smallest absolute Gasteiger partial charge is 0.307 e. The van der Waals surface area contributed by atoms with Gasteiger partial charge in [-0.25, -0.2) is 4.98 Å². The van der Waals surface area contributed by atoms with Crippen LogP contribution in [0.4, 0.5) is 0 Å². The Kier molecular flexibility index (Phi) is 2.50. The summed E-state index contributed by atoms with van der Waals surface area (Å²) >= 11 is 5.70. The Hall–Kier alpha value is -2.06. The highest BCUT2D eigenvalue weighted by Gasteiger charge is 2.12. The van der Waals surface area contributed by atoms with Gasteiger partial charge < -0.3 is 10.1 Å². The second kappa shape index (κ2) is 3.83. The Morgan fingerprint density at radius 1 is 1.62 bits per heavy atom. The van der Waals surface area contributed by atoms with Crippen LogP contribution in [-0.2, 0) is 11.2 Å². The molecule has 2 aromatic rings. The zero-order chi connectivity index (χ0) is 11.7. The second-order valence-electron chi connectivity index (χ2n) is 3.21. The predicted molar refractivity (Wildman–Crippen MR) is 57.2 cm³/mol. The quantitative estimate of drug-likeness (QED) is 0.829. The van der Waals surface area contributed by atoms with Gasteiger partial charge in [0.25, 0.3) is 0 Å². The largest absolute Gasteiger partial charge is 0.481 e. The van der Waals surface area contributed by atoms with Gasteiger partial charge in [0.05, 0.1) is 23.0 Å². The second-order valence-corrected chi connectivity index (χ2v) is 3.56. The molecule has 1 aromatic carbocycles. The zero-order valence-corrected chi connectivity index (χ0v) is 8.75. The molecule has 0 aliphatic rings. The number of aromatic nitrogens is 2. The number of benzene rings is 1. The molecule has 0 fully saturated rings. The minimum Gasteiger partial charge on any atom is -0.481 e. The molecule has 0 spiro atoms. The van der Waals surface area contributed by atoms with Crippen molar-refractivity contribution in [2.24, 2.45) is 0 Å². The first-order chi connectivity index (χ1) is 7.61. The summed E-state index contributed by atoms with van der Waals surface area (Å²) in [5.41, 5.74) is 1.84. The van der Waals surface area contributed by atoms with Gasteiger partial charge in [0.15, 0.2) is 0 Å². The third kappa shape index (κ3) is 1.71. The number of imidazole rings is 1. The molecule has 2 N–H and O–H groups in total. The SMILES string of the molecule is N#Cc1ccc(CC(=O)O)c2nc(Cl)[nH]c12. The molecular weight excluding hydrogens is 230 g/mol. The van der Waals surface area contributed by atoms with E-state index in [4.69, 9.17) is 22.0 Å². The van der Waals surface area contributed by atoms with Crippen LogP contribution in [0.15, 0.2) is 12.1 Å². The lowest BCUT2D eigenvalue weighted by atomic mass is 10.1. The van der Waals surface area contributed by atoms with E-state index in [9.17, 15) is 4.79 Å². The molecule has 0 saturated heterocycles. The number of carbonyl (C=O) groups is 1. The number of hydrogen-bond donors (Lipinski definition) is 2. The van der Waals surface area contributed by atoms with Crippen LogP contribution in [0.1, 0.15) is 11.1 Å². The van der Waals surface area contributed by atoms with Gasteiger partial charge in [-0.15, -0.1) is 0 Å². The zero-order valence-electron chi connectivity index (χ0n) is 7.99. The van der Waals surface area contributed by atoms with E-state index in [1.807, 2.05) is 6.07 Å². The molecule has 0 aliphatic heterocycles. The predicted octanol–water partition coefficient (Wildman–Crippen LogP) is 1.72. The van der Waals surface area contributed by atoms with E-state index < -0.39 is 5.97 Å². The van der Waals surface area contributed by atoms with Gasteiger partial charge in [0.2, 0.25) is 5.28 Å². The lowest BCUT2D eigenvalue weighted by Crippen LogP contribution is -2.01. The summed E-state index contributed by atoms with van der Waals surface area (Å²) in [7, 11) is 0. The highest BCUT2D eigenvalue weighted by atomic mass is 35.5. The molecule has 0 atom stereocenters. The number of aromatic amines is 1. The van der Waals surface area contributed by atoms with E-state index in [0.717, 1.165) is 0 Å². The molecule has 0 radical (unpaired) electrons. The van der Waals surface area contributed by atoms with Gasteiger partial charge in [0.1, 0.15) is 6.07 Å². The highest BCUT2D eigenvalue weighted by molar-refractivity contribution is 6.29. The van der Waals surface area contributed by atoms with Crippen molar-refractivity contribution < 1.29 is 9.90 Å². The number of nitriles is 1. The number of nitrogens with one attached hydrogen (secondary N) is 1. The van der Waals surface area contributed by atoms with E-state index in [1.54, 1.807) is 12.1 Å². The maximum atomic E-state index is 10.6. The average Bonchev–Trinajstić information content (AvgIpc) is 2.59. The molecule has 0 bridgehead atoms. The van der Waals surface area contributed by atoms with E-state index in [-0.39, 0.29) is 11.7 Å². The molecule has 1 heterocycles. The third-order valence-electron chi connectivity index (χ3n) is 2.16. The fourth-order valence-electron chi connectivity index (χ4n) is 1.52. The van der Waals surface area contributed by atoms with Crippen LogP contribution in [0.3, 0.4) is 0 Å². The average molecular weight is 236 g/mol. The summed E-state index contributed by atoms with van der Waals surface area (Å²) in [4.78, 5) is 17.3. The summed E-state index contributed by atoms with van der Waals surface area (Å²) in [5.74, 6) is -0.954. The van der Waals surface area contributed by atoms with E-state index in [0.29, 0.717) is 22.2 Å². The molecule has 80 valence electrons. The first-order valence-electron chi connectivity index (χ1n) is 4.41. The molecule has 5 nitrogen and oxygen atoms in total. The number of H-pyrrole nitrogens is 1. The third-order valence-corrected chi connectivity index (χ3v) is 2.34. The first kappa shape index (κ1) is 10.5. The van der Waals surface area contributed by atoms with Crippen LogP contribution in [-0.4, -0.2) is 21.0 Å². The van der Waals surface area contributed by atoms with Gasteiger partial charge in [-0.1, -0.05) is 6.07 Å². The van der Waals surface area contributed by atoms with Crippen LogP contribution in [0.25, 0.3) is 11.0 Å². The Labute approximate surface area is 95.3 Å². The fraction of sp³-hybridized carbons (Fsp3) is 0.100. The van der Waals surface area contributed by atoms with E-state index in [2.05, 4.69) is 9.97 Å². The van der Waals surface area contributed by atoms with Crippen LogP contribution in [0.2, 0.25) is 5.28 Å². The number of halogens is 1. The van der Waals surface area contributed by atoms with E-state index in [1.165, 1.54) is 0 Å². The van der Waals surface area contributed by atoms with Crippen LogP contribution >= 0.6 is 11.6 Å². The molecule has 0 aliphatic carbocycles. The van der Waals surface area contributed by atoms with Gasteiger partial charge in [-0.3, -0.25) is 4.79 Å². The monoisotopic (exact) mass is 235 g/mol. The summed E-state index contributed by atoms with van der Waals surface area (Å²) in [6, 6.07) is 5.11. The minimum absolute atomic E-state index is 0.143. The standard InChI is InChI=1S/C10H6ClN3O2/c11-10-13-8-5(3-7(15)16)1-2-6(4-12)9(8)14-10/h1-2H,3H2,(H,13,14)(H,15,16). The molecule has 0 saturated carbocycles. The van der Waals surface area contributed by atoms with Gasteiger partial charge in [0, 0.05) is 0 Å². The van der Waals surface area contributed by atoms with Crippen LogP contribution < -0.4 is 0 Å². The lowest BCUT2D eigenvalue weighted by Gasteiger charge is -1.99. The topological polar surface area (TPSA) is 89.8 Å². The summed E-state index contributed by atoms with van der Waals surface area (Å²) in [6.07, 6.45) is -0.149. The summed E-state index contributed by atoms with van der Waals surface area (Å²) < 4.78 is 0. The first-order valence-corrected chi connectivity index (χ1v) is 4.78. The van der Waals surface area contributed by atoms with Crippen molar-refractivity contribution in [1.82, 2.24) is 9.97 Å². The molecular formula is C10H6ClN3O2. The molecule has 0 unspecified atom stereocenters. The summed E-state index contributed by atoms with van der Waals surface area (Å²) in [5, 5.41) is 17.7. The minimum atomic E-state index is -0.954. The van der Waals surface area contributed by atoms with E-state index >= 15 is 0 Å². The highest BCUT2D eigenvalue weighted by Crippen LogP contribution is 2.22. The Balaban J connectivity index is 2.70. The number of aliphatic carboxylic acids is 1. The van der Waals surface area contributed by atoms with Crippen molar-refractivity contribution in [1.29, 1.82) is 5.26 Å². The number of fused-ring (bicyclic) bond motifs is 1. The molecule has 1 aromatic heterocycles. The number of carboxylic acid groups (broad SMARTS) is 1.